The van der Waals surface area contributed by atoms with Crippen LogP contribution in [0.4, 0.5) is 0 Å². The van der Waals surface area contributed by atoms with E-state index < -0.39 is 11.9 Å². The van der Waals surface area contributed by atoms with Gasteiger partial charge in [0, 0.05) is 36.5 Å². The molecule has 0 aliphatic heterocycles. The number of carbonyl (C=O) groups is 3. The summed E-state index contributed by atoms with van der Waals surface area (Å²) in [6.07, 6.45) is 10.7. The summed E-state index contributed by atoms with van der Waals surface area (Å²) in [4.78, 5) is 42.8. The molecule has 4 aliphatic rings. The smallest absolute Gasteiger partial charge is 0.328 e. The molecule has 10 nitrogen and oxygen atoms in total. The first-order valence-electron chi connectivity index (χ1n) is 13.4. The van der Waals surface area contributed by atoms with Gasteiger partial charge in [-0.15, -0.1) is 0 Å². The van der Waals surface area contributed by atoms with E-state index in [1.165, 1.54) is 0 Å². The van der Waals surface area contributed by atoms with Gasteiger partial charge in [0.25, 0.3) is 0 Å². The highest BCUT2D eigenvalue weighted by atomic mass is 16.6. The molecule has 4 saturated carbocycles. The van der Waals surface area contributed by atoms with Gasteiger partial charge >= 0.3 is 11.9 Å². The largest absolute Gasteiger partial charge is 0.478 e. The molecule has 0 heterocycles. The van der Waals surface area contributed by atoms with Crippen molar-refractivity contribution < 1.29 is 34.3 Å². The van der Waals surface area contributed by atoms with E-state index in [0.717, 1.165) is 62.8 Å². The van der Waals surface area contributed by atoms with Crippen molar-refractivity contribution in [2.45, 2.75) is 65.2 Å². The molecule has 4 aliphatic carbocycles. The van der Waals surface area contributed by atoms with Crippen LogP contribution < -0.4 is 5.73 Å². The van der Waals surface area contributed by atoms with Crippen LogP contribution in [-0.4, -0.2) is 59.1 Å². The van der Waals surface area contributed by atoms with Gasteiger partial charge in [0.15, 0.2) is 0 Å². The van der Waals surface area contributed by atoms with Crippen molar-refractivity contribution in [2.75, 3.05) is 19.8 Å². The van der Waals surface area contributed by atoms with Crippen molar-refractivity contribution in [3.8, 4) is 0 Å². The molecule has 0 spiro atoms. The van der Waals surface area contributed by atoms with E-state index in [9.17, 15) is 14.4 Å². The molecule has 4 fully saturated rings. The Bertz CT molecular complexity index is 990. The zero-order valence-electron chi connectivity index (χ0n) is 22.4. The van der Waals surface area contributed by atoms with Crippen molar-refractivity contribution in [2.24, 2.45) is 50.5 Å². The Morgan fingerprint density at radius 3 is 2.39 bits per heavy atom. The molecule has 0 radical (unpaired) electrons. The second kappa shape index (κ2) is 12.7. The van der Waals surface area contributed by atoms with Crippen molar-refractivity contribution >= 4 is 29.1 Å². The third kappa shape index (κ3) is 6.34. The van der Waals surface area contributed by atoms with Gasteiger partial charge in [0.1, 0.15) is 19.0 Å². The first-order valence-corrected chi connectivity index (χ1v) is 13.4. The average Bonchev–Trinajstić information content (AvgIpc) is 3.18. The quantitative estimate of drug-likeness (QED) is 0.184. The van der Waals surface area contributed by atoms with Crippen LogP contribution in [-0.2, 0) is 24.1 Å². The number of carboxylic acids is 2. The molecule has 0 aromatic carbocycles. The molecule has 0 saturated heterocycles. The number of Topliss-reactive ketones (excluding diaryl/α,β-unsaturated/α-hetero) is 1. The van der Waals surface area contributed by atoms with E-state index in [4.69, 9.17) is 25.6 Å². The van der Waals surface area contributed by atoms with Crippen LogP contribution in [0.3, 0.4) is 0 Å². The summed E-state index contributed by atoms with van der Waals surface area (Å²) in [5.74, 6) is -0.0755. The minimum atomic E-state index is -1.26. The maximum atomic E-state index is 12.7. The molecule has 0 bridgehead atoms. The average molecular weight is 532 g/mol. The number of carbonyl (C=O) groups excluding carboxylic acids is 1. The Kier molecular flexibility index (Phi) is 9.87. The Labute approximate surface area is 224 Å². The van der Waals surface area contributed by atoms with Gasteiger partial charge in [-0.25, -0.2) is 9.59 Å². The topological polar surface area (TPSA) is 161 Å². The number of aliphatic carboxylic acids is 2. The number of hydrogen-bond donors (Lipinski definition) is 3. The maximum absolute atomic E-state index is 12.7. The summed E-state index contributed by atoms with van der Waals surface area (Å²) >= 11 is 0. The number of hydrogen-bond acceptors (Lipinski definition) is 8. The lowest BCUT2D eigenvalue weighted by atomic mass is 9.45. The predicted octanol–water partition coefficient (Wildman–Crippen LogP) is 3.81. The van der Waals surface area contributed by atoms with E-state index in [2.05, 4.69) is 30.7 Å². The van der Waals surface area contributed by atoms with Crippen molar-refractivity contribution in [1.29, 1.82) is 0 Å². The van der Waals surface area contributed by atoms with Crippen LogP contribution in [0.15, 0.2) is 35.1 Å². The number of fused-ring (bicyclic) bond motifs is 5. The summed E-state index contributed by atoms with van der Waals surface area (Å²) in [5, 5.41) is 24.6. The van der Waals surface area contributed by atoms with E-state index in [1.54, 1.807) is 6.08 Å². The van der Waals surface area contributed by atoms with Crippen LogP contribution >= 0.6 is 0 Å². The Morgan fingerprint density at radius 2 is 1.76 bits per heavy atom. The molecule has 6 atom stereocenters. The van der Waals surface area contributed by atoms with Crippen LogP contribution in [0.25, 0.3) is 0 Å². The van der Waals surface area contributed by atoms with Crippen LogP contribution in [0.1, 0.15) is 65.2 Å². The zero-order chi connectivity index (χ0) is 27.9. The molecule has 0 aromatic heterocycles. The Hall–Kier alpha value is -3.01. The van der Waals surface area contributed by atoms with E-state index in [0.29, 0.717) is 61.4 Å². The van der Waals surface area contributed by atoms with Crippen molar-refractivity contribution in [1.82, 2.24) is 0 Å². The molecule has 0 aromatic rings. The fraction of sp³-hybridized carbons (Fsp3) is 0.679. The summed E-state index contributed by atoms with van der Waals surface area (Å²) in [5.41, 5.74) is 7.83. The van der Waals surface area contributed by atoms with Gasteiger partial charge in [0.05, 0.1) is 11.4 Å². The van der Waals surface area contributed by atoms with Gasteiger partial charge in [-0.2, -0.15) is 0 Å². The number of rotatable bonds is 8. The van der Waals surface area contributed by atoms with E-state index in [1.807, 2.05) is 0 Å². The minimum absolute atomic E-state index is 0.130. The second-order valence-corrected chi connectivity index (χ2v) is 11.2. The lowest BCUT2D eigenvalue weighted by molar-refractivity contribution is -0.134. The van der Waals surface area contributed by atoms with Crippen molar-refractivity contribution in [3.63, 3.8) is 0 Å². The predicted molar refractivity (Wildman–Crippen MR) is 143 cm³/mol. The van der Waals surface area contributed by atoms with E-state index >= 15 is 0 Å². The zero-order valence-corrected chi connectivity index (χ0v) is 22.4. The van der Waals surface area contributed by atoms with Gasteiger partial charge in [-0.3, -0.25) is 4.79 Å². The van der Waals surface area contributed by atoms with Crippen LogP contribution in [0, 0.1) is 34.5 Å². The molecular formula is C28H41N3O7. The first kappa shape index (κ1) is 29.5. The number of ketones is 1. The molecule has 38 heavy (non-hydrogen) atoms. The SMILES string of the molecule is C=CCO/N=C1\C[C@@H]2[C@H](CC[C@]3(C)C(=O)CC[C@@H]23)[C@@]2(C)CC/C(=N/OCCN)CC12.O=C(O)/C=C/C(=O)O. The fourth-order valence-corrected chi connectivity index (χ4v) is 7.34. The summed E-state index contributed by atoms with van der Waals surface area (Å²) in [6, 6.07) is 0. The summed E-state index contributed by atoms with van der Waals surface area (Å²) in [7, 11) is 0. The number of oxime groups is 2. The highest BCUT2D eigenvalue weighted by Crippen LogP contribution is 2.64. The fourth-order valence-electron chi connectivity index (χ4n) is 7.34. The summed E-state index contributed by atoms with van der Waals surface area (Å²) < 4.78 is 0. The van der Waals surface area contributed by atoms with E-state index in [-0.39, 0.29) is 10.8 Å². The highest BCUT2D eigenvalue weighted by molar-refractivity contribution is 5.96. The summed E-state index contributed by atoms with van der Waals surface area (Å²) in [6.45, 7) is 9.76. The van der Waals surface area contributed by atoms with Gasteiger partial charge in [-0.05, 0) is 68.1 Å². The molecule has 1 unspecified atom stereocenters. The van der Waals surface area contributed by atoms with Gasteiger partial charge < -0.3 is 25.6 Å². The minimum Gasteiger partial charge on any atom is -0.478 e. The number of nitrogens with two attached hydrogens (primary N) is 1. The molecule has 10 heteroatoms. The first-order chi connectivity index (χ1) is 18.1. The Morgan fingerprint density at radius 1 is 1.05 bits per heavy atom. The molecular weight excluding hydrogens is 490 g/mol. The molecule has 0 amide bonds. The Balaban J connectivity index is 0.000000436. The second-order valence-electron chi connectivity index (χ2n) is 11.2. The van der Waals surface area contributed by atoms with Crippen LogP contribution in [0.5, 0.6) is 0 Å². The number of carboxylic acid groups (broad SMARTS) is 2. The van der Waals surface area contributed by atoms with Gasteiger partial charge in [0.2, 0.25) is 0 Å². The van der Waals surface area contributed by atoms with Crippen molar-refractivity contribution in [3.05, 3.63) is 24.8 Å². The molecule has 4 N–H and O–H groups in total. The third-order valence-corrected chi connectivity index (χ3v) is 9.17. The maximum Gasteiger partial charge on any atom is 0.328 e. The standard InChI is InChI=1S/C24H37N3O3.C4H4O4/c1-4-12-29-27-21-15-17-18-5-6-22(28)24(18,3)10-8-19(17)23(2)9-7-16(14-20(21)23)26-30-13-11-25;5-3(6)1-2-4(7)8/h4,17-20H,1,5-15,25H2,2-3H3;1-2H,(H,5,6)(H,7,8)/b26-16-,27-21+;2-1+/t17-,18-,19-,20?,23+,24-;/m0./s1. The monoisotopic (exact) mass is 531 g/mol. The molecule has 210 valence electrons. The normalized spacial score (nSPS) is 36.0. The molecule has 4 rings (SSSR count). The van der Waals surface area contributed by atoms with Gasteiger partial charge in [-0.1, -0.05) is 36.8 Å². The van der Waals surface area contributed by atoms with Crippen LogP contribution in [0.2, 0.25) is 0 Å². The third-order valence-electron chi connectivity index (χ3n) is 9.17. The lowest BCUT2D eigenvalue weighted by Gasteiger charge is -2.59. The number of nitrogens with zero attached hydrogens (tertiary/aromatic N) is 2. The highest BCUT2D eigenvalue weighted by Gasteiger charge is 2.61. The lowest BCUT2D eigenvalue weighted by Crippen LogP contribution is -2.56.